The van der Waals surface area contributed by atoms with E-state index in [9.17, 15) is 4.79 Å². The fraction of sp³-hybridized carbons (Fsp3) is 0.429. The molecule has 0 fully saturated rings. The number of thiazole rings is 1. The summed E-state index contributed by atoms with van der Waals surface area (Å²) < 4.78 is 5.26. The highest BCUT2D eigenvalue weighted by molar-refractivity contribution is 7.16. The first kappa shape index (κ1) is 14.7. The maximum absolute atomic E-state index is 12.1. The zero-order valence-electron chi connectivity index (χ0n) is 11.5. The van der Waals surface area contributed by atoms with Gasteiger partial charge in [-0.3, -0.25) is 4.79 Å². The molecule has 2 heterocycles. The van der Waals surface area contributed by atoms with Crippen molar-refractivity contribution < 1.29 is 9.21 Å². The van der Waals surface area contributed by atoms with Gasteiger partial charge in [0.05, 0.1) is 12.5 Å². The lowest BCUT2D eigenvalue weighted by molar-refractivity contribution is 0.0939. The van der Waals surface area contributed by atoms with Crippen LogP contribution in [-0.2, 0) is 0 Å². The molecule has 20 heavy (non-hydrogen) atoms. The van der Waals surface area contributed by atoms with Crippen molar-refractivity contribution in [3.63, 3.8) is 0 Å². The Morgan fingerprint density at radius 3 is 3.10 bits per heavy atom. The van der Waals surface area contributed by atoms with Gasteiger partial charge in [0.2, 0.25) is 0 Å². The quantitative estimate of drug-likeness (QED) is 0.822. The summed E-state index contributed by atoms with van der Waals surface area (Å²) in [6, 6.07) is 3.65. The highest BCUT2D eigenvalue weighted by atomic mass is 32.1. The Kier molecular flexibility index (Phi) is 5.31. The van der Waals surface area contributed by atoms with Gasteiger partial charge in [0.25, 0.3) is 5.91 Å². The van der Waals surface area contributed by atoms with Crippen LogP contribution in [0, 0.1) is 0 Å². The molecule has 0 radical (unpaired) electrons. The van der Waals surface area contributed by atoms with E-state index in [0.717, 1.165) is 19.3 Å². The topological polar surface area (TPSA) is 81.1 Å². The molecule has 0 bridgehead atoms. The van der Waals surface area contributed by atoms with E-state index in [1.165, 1.54) is 11.3 Å². The number of aromatic nitrogens is 1. The molecular formula is C14H19N3O2S. The number of carbonyl (C=O) groups is 1. The van der Waals surface area contributed by atoms with Crippen LogP contribution in [0.5, 0.6) is 0 Å². The van der Waals surface area contributed by atoms with Gasteiger partial charge in [-0.2, -0.15) is 0 Å². The predicted octanol–water partition coefficient (Wildman–Crippen LogP) is 2.65. The molecule has 0 aliphatic heterocycles. The van der Waals surface area contributed by atoms with Crippen molar-refractivity contribution in [2.24, 2.45) is 5.73 Å². The standard InChI is InChI=1S/C14H19N3O2S/c1-2-3-5-10(8-15)17-13(18)12-9-16-14(20-12)11-6-4-7-19-11/h4,6-7,9-10H,2-3,5,8,15H2,1H3,(H,17,18). The van der Waals surface area contributed by atoms with Crippen LogP contribution in [0.1, 0.15) is 35.9 Å². The van der Waals surface area contributed by atoms with E-state index in [1.54, 1.807) is 18.5 Å². The molecule has 0 aromatic carbocycles. The summed E-state index contributed by atoms with van der Waals surface area (Å²) in [5.41, 5.74) is 5.68. The number of hydrogen-bond acceptors (Lipinski definition) is 5. The molecule has 0 spiro atoms. The molecule has 2 rings (SSSR count). The lowest BCUT2D eigenvalue weighted by Gasteiger charge is -2.15. The molecule has 1 unspecified atom stereocenters. The van der Waals surface area contributed by atoms with Crippen molar-refractivity contribution in [1.82, 2.24) is 10.3 Å². The Hall–Kier alpha value is -1.66. The van der Waals surface area contributed by atoms with E-state index >= 15 is 0 Å². The molecule has 0 saturated heterocycles. The van der Waals surface area contributed by atoms with Crippen molar-refractivity contribution in [3.8, 4) is 10.8 Å². The summed E-state index contributed by atoms with van der Waals surface area (Å²) >= 11 is 1.32. The third kappa shape index (κ3) is 3.68. The number of unbranched alkanes of at least 4 members (excludes halogenated alkanes) is 1. The van der Waals surface area contributed by atoms with E-state index in [4.69, 9.17) is 10.2 Å². The molecule has 3 N–H and O–H groups in total. The summed E-state index contributed by atoms with van der Waals surface area (Å²) in [4.78, 5) is 16.9. The van der Waals surface area contributed by atoms with Gasteiger partial charge < -0.3 is 15.5 Å². The Morgan fingerprint density at radius 2 is 2.45 bits per heavy atom. The van der Waals surface area contributed by atoms with Gasteiger partial charge in [-0.25, -0.2) is 4.98 Å². The molecule has 1 amide bonds. The van der Waals surface area contributed by atoms with E-state index in [0.29, 0.717) is 22.2 Å². The van der Waals surface area contributed by atoms with Crippen molar-refractivity contribution in [1.29, 1.82) is 0 Å². The summed E-state index contributed by atoms with van der Waals surface area (Å²) in [7, 11) is 0. The van der Waals surface area contributed by atoms with Gasteiger partial charge in [0, 0.05) is 12.6 Å². The highest BCUT2D eigenvalue weighted by Gasteiger charge is 2.16. The lowest BCUT2D eigenvalue weighted by Crippen LogP contribution is -2.39. The Labute approximate surface area is 122 Å². The van der Waals surface area contributed by atoms with E-state index in [-0.39, 0.29) is 11.9 Å². The first-order chi connectivity index (χ1) is 9.74. The van der Waals surface area contributed by atoms with Crippen molar-refractivity contribution in [2.75, 3.05) is 6.54 Å². The van der Waals surface area contributed by atoms with Crippen LogP contribution in [0.25, 0.3) is 10.8 Å². The van der Waals surface area contributed by atoms with E-state index in [1.807, 2.05) is 6.07 Å². The molecular weight excluding hydrogens is 274 g/mol. The number of amides is 1. The minimum absolute atomic E-state index is 0.0246. The van der Waals surface area contributed by atoms with Crippen molar-refractivity contribution in [3.05, 3.63) is 29.5 Å². The molecule has 108 valence electrons. The van der Waals surface area contributed by atoms with Gasteiger partial charge in [-0.1, -0.05) is 19.8 Å². The zero-order valence-corrected chi connectivity index (χ0v) is 12.3. The minimum Gasteiger partial charge on any atom is -0.462 e. The second kappa shape index (κ2) is 7.21. The monoisotopic (exact) mass is 293 g/mol. The van der Waals surface area contributed by atoms with Gasteiger partial charge in [0.15, 0.2) is 10.8 Å². The van der Waals surface area contributed by atoms with Gasteiger partial charge in [-0.15, -0.1) is 11.3 Å². The Bertz CT molecular complexity index is 536. The van der Waals surface area contributed by atoms with Crippen LogP contribution in [0.3, 0.4) is 0 Å². The molecule has 0 aliphatic rings. The average molecular weight is 293 g/mol. The summed E-state index contributed by atoms with van der Waals surface area (Å²) in [5, 5.41) is 3.66. The van der Waals surface area contributed by atoms with Crippen molar-refractivity contribution in [2.45, 2.75) is 32.2 Å². The maximum Gasteiger partial charge on any atom is 0.263 e. The summed E-state index contributed by atoms with van der Waals surface area (Å²) in [6.07, 6.45) is 6.22. The molecule has 2 aromatic heterocycles. The summed E-state index contributed by atoms with van der Waals surface area (Å²) in [5.74, 6) is 0.558. The minimum atomic E-state index is -0.119. The van der Waals surface area contributed by atoms with Crippen LogP contribution >= 0.6 is 11.3 Å². The van der Waals surface area contributed by atoms with Gasteiger partial charge >= 0.3 is 0 Å². The van der Waals surface area contributed by atoms with E-state index < -0.39 is 0 Å². The molecule has 5 nitrogen and oxygen atoms in total. The van der Waals surface area contributed by atoms with Crippen LogP contribution in [0.4, 0.5) is 0 Å². The van der Waals surface area contributed by atoms with Crippen molar-refractivity contribution >= 4 is 17.2 Å². The third-order valence-corrected chi connectivity index (χ3v) is 4.00. The van der Waals surface area contributed by atoms with Crippen LogP contribution in [0.15, 0.2) is 29.0 Å². The van der Waals surface area contributed by atoms with Crippen LogP contribution < -0.4 is 11.1 Å². The number of carbonyl (C=O) groups excluding carboxylic acids is 1. The maximum atomic E-state index is 12.1. The smallest absolute Gasteiger partial charge is 0.263 e. The Morgan fingerprint density at radius 1 is 1.60 bits per heavy atom. The first-order valence-corrected chi connectivity index (χ1v) is 7.57. The van der Waals surface area contributed by atoms with Crippen LogP contribution in [0.2, 0.25) is 0 Å². The lowest BCUT2D eigenvalue weighted by atomic mass is 10.1. The molecule has 0 saturated carbocycles. The number of hydrogen-bond donors (Lipinski definition) is 2. The number of nitrogens with zero attached hydrogens (tertiary/aromatic N) is 1. The molecule has 2 aromatic rings. The number of rotatable bonds is 7. The normalized spacial score (nSPS) is 12.3. The predicted molar refractivity (Wildman–Crippen MR) is 79.6 cm³/mol. The fourth-order valence-electron chi connectivity index (χ4n) is 1.85. The molecule has 1 atom stereocenters. The second-order valence-corrected chi connectivity index (χ2v) is 5.59. The zero-order chi connectivity index (χ0) is 14.4. The number of nitrogens with one attached hydrogen (secondary N) is 1. The Balaban J connectivity index is 1.99. The highest BCUT2D eigenvalue weighted by Crippen LogP contribution is 2.25. The number of nitrogens with two attached hydrogens (primary N) is 1. The number of furan rings is 1. The van der Waals surface area contributed by atoms with Crippen LogP contribution in [-0.4, -0.2) is 23.5 Å². The molecule has 6 heteroatoms. The first-order valence-electron chi connectivity index (χ1n) is 6.75. The largest absolute Gasteiger partial charge is 0.462 e. The third-order valence-electron chi connectivity index (χ3n) is 2.99. The van der Waals surface area contributed by atoms with Gasteiger partial charge in [-0.05, 0) is 18.6 Å². The van der Waals surface area contributed by atoms with Gasteiger partial charge in [0.1, 0.15) is 4.88 Å². The summed E-state index contributed by atoms with van der Waals surface area (Å²) in [6.45, 7) is 2.57. The SMILES string of the molecule is CCCCC(CN)NC(=O)c1cnc(-c2ccco2)s1. The second-order valence-electron chi connectivity index (χ2n) is 4.56. The average Bonchev–Trinajstić information content (AvgIpc) is 3.12. The fourth-order valence-corrected chi connectivity index (χ4v) is 2.64. The van der Waals surface area contributed by atoms with E-state index in [2.05, 4.69) is 17.2 Å². The molecule has 0 aliphatic carbocycles.